The number of carbonyl (C=O) groups is 2. The van der Waals surface area contributed by atoms with Crippen LogP contribution in [0.4, 0.5) is 0 Å². The maximum absolute atomic E-state index is 12.6. The first-order valence-corrected chi connectivity index (χ1v) is 11.8. The Balaban J connectivity index is 1.59. The first kappa shape index (κ1) is 26.8. The van der Waals surface area contributed by atoms with Crippen LogP contribution in [0.2, 0.25) is 10.0 Å². The summed E-state index contributed by atoms with van der Waals surface area (Å²) >= 11 is 11.9. The zero-order chi connectivity index (χ0) is 25.9. The lowest BCUT2D eigenvalue weighted by Crippen LogP contribution is -2.24. The molecular formula is C26H24Cl2N2O6. The molecule has 8 nitrogen and oxygen atoms in total. The molecule has 0 spiro atoms. The van der Waals surface area contributed by atoms with Crippen LogP contribution in [0.5, 0.6) is 23.0 Å². The number of carbonyl (C=O) groups excluding carboxylic acids is 2. The SMILES string of the molecule is CCOc1ccc(C(=O)Oc2ccc(C=NNC(=O)COc3ccc(Cl)cc3Cl)cc2OCC)cc1. The first-order valence-electron chi connectivity index (χ1n) is 11.0. The normalized spacial score (nSPS) is 10.7. The van der Waals surface area contributed by atoms with Crippen molar-refractivity contribution in [2.24, 2.45) is 5.10 Å². The molecule has 3 aromatic carbocycles. The van der Waals surface area contributed by atoms with Gasteiger partial charge < -0.3 is 18.9 Å². The van der Waals surface area contributed by atoms with Gasteiger partial charge in [-0.05, 0) is 80.1 Å². The Labute approximate surface area is 218 Å². The summed E-state index contributed by atoms with van der Waals surface area (Å²) in [5, 5.41) is 4.68. The van der Waals surface area contributed by atoms with Crippen molar-refractivity contribution in [3.63, 3.8) is 0 Å². The van der Waals surface area contributed by atoms with Crippen LogP contribution in [0, 0.1) is 0 Å². The Hall–Kier alpha value is -3.75. The predicted octanol–water partition coefficient (Wildman–Crippen LogP) is 5.54. The molecule has 0 bridgehead atoms. The number of amides is 1. The van der Waals surface area contributed by atoms with Gasteiger partial charge in [-0.1, -0.05) is 23.2 Å². The van der Waals surface area contributed by atoms with Gasteiger partial charge in [-0.15, -0.1) is 0 Å². The minimum absolute atomic E-state index is 0.255. The summed E-state index contributed by atoms with van der Waals surface area (Å²) in [4.78, 5) is 24.6. The summed E-state index contributed by atoms with van der Waals surface area (Å²) in [5.74, 6) is 0.590. The summed E-state index contributed by atoms with van der Waals surface area (Å²) < 4.78 is 21.9. The molecule has 0 aromatic heterocycles. The van der Waals surface area contributed by atoms with Gasteiger partial charge in [0.1, 0.15) is 11.5 Å². The molecule has 0 aliphatic heterocycles. The fourth-order valence-electron chi connectivity index (χ4n) is 2.92. The highest BCUT2D eigenvalue weighted by Crippen LogP contribution is 2.29. The van der Waals surface area contributed by atoms with E-state index >= 15 is 0 Å². The van der Waals surface area contributed by atoms with E-state index in [1.165, 1.54) is 12.3 Å². The third-order valence-electron chi connectivity index (χ3n) is 4.53. The van der Waals surface area contributed by atoms with Gasteiger partial charge in [0, 0.05) is 5.02 Å². The standard InChI is InChI=1S/C26H24Cl2N2O6/c1-3-33-20-9-6-18(7-10-20)26(32)36-23-11-5-17(13-24(23)34-4-2)15-29-30-25(31)16-35-22-12-8-19(27)14-21(22)28/h5-15H,3-4,16H2,1-2H3,(H,30,31). The zero-order valence-corrected chi connectivity index (χ0v) is 21.1. The molecule has 3 aromatic rings. The monoisotopic (exact) mass is 530 g/mol. The van der Waals surface area contributed by atoms with Crippen LogP contribution in [0.3, 0.4) is 0 Å². The van der Waals surface area contributed by atoms with Crippen molar-refractivity contribution in [3.05, 3.63) is 81.8 Å². The van der Waals surface area contributed by atoms with Crippen molar-refractivity contribution in [2.75, 3.05) is 19.8 Å². The number of benzene rings is 3. The lowest BCUT2D eigenvalue weighted by molar-refractivity contribution is -0.123. The van der Waals surface area contributed by atoms with Crippen LogP contribution in [-0.4, -0.2) is 37.9 Å². The van der Waals surface area contributed by atoms with Crippen LogP contribution in [-0.2, 0) is 4.79 Å². The Morgan fingerprint density at radius 1 is 0.861 bits per heavy atom. The molecule has 0 aliphatic rings. The van der Waals surface area contributed by atoms with Crippen LogP contribution in [0.1, 0.15) is 29.8 Å². The van der Waals surface area contributed by atoms with E-state index in [4.69, 9.17) is 42.1 Å². The number of halogens is 2. The highest BCUT2D eigenvalue weighted by molar-refractivity contribution is 6.35. The second-order valence-corrected chi connectivity index (χ2v) is 7.99. The van der Waals surface area contributed by atoms with Gasteiger partial charge in [0.25, 0.3) is 5.91 Å². The van der Waals surface area contributed by atoms with Crippen LogP contribution >= 0.6 is 23.2 Å². The number of hydrogen-bond acceptors (Lipinski definition) is 7. The zero-order valence-electron chi connectivity index (χ0n) is 19.6. The summed E-state index contributed by atoms with van der Waals surface area (Å²) in [6, 6.07) is 16.3. The lowest BCUT2D eigenvalue weighted by atomic mass is 10.2. The van der Waals surface area contributed by atoms with Gasteiger partial charge in [-0.25, -0.2) is 10.2 Å². The molecule has 0 fully saturated rings. The molecule has 0 saturated heterocycles. The van der Waals surface area contributed by atoms with Crippen LogP contribution in [0.15, 0.2) is 65.8 Å². The second-order valence-electron chi connectivity index (χ2n) is 7.14. The molecule has 0 heterocycles. The number of hydrogen-bond donors (Lipinski definition) is 1. The quantitative estimate of drug-likeness (QED) is 0.151. The fourth-order valence-corrected chi connectivity index (χ4v) is 3.38. The Kier molecular flexibility index (Phi) is 9.97. The maximum Gasteiger partial charge on any atom is 0.343 e. The van der Waals surface area contributed by atoms with E-state index in [2.05, 4.69) is 10.5 Å². The van der Waals surface area contributed by atoms with E-state index in [9.17, 15) is 9.59 Å². The third-order valence-corrected chi connectivity index (χ3v) is 5.06. The largest absolute Gasteiger partial charge is 0.494 e. The second kappa shape index (κ2) is 13.4. The van der Waals surface area contributed by atoms with Crippen LogP contribution < -0.4 is 24.4 Å². The molecule has 0 saturated carbocycles. The Bertz CT molecular complexity index is 1230. The summed E-state index contributed by atoms with van der Waals surface area (Å²) in [5.41, 5.74) is 3.35. The molecule has 10 heteroatoms. The molecule has 36 heavy (non-hydrogen) atoms. The molecule has 0 radical (unpaired) electrons. The smallest absolute Gasteiger partial charge is 0.343 e. The topological polar surface area (TPSA) is 95.5 Å². The van der Waals surface area contributed by atoms with E-state index < -0.39 is 11.9 Å². The van der Waals surface area contributed by atoms with E-state index in [0.717, 1.165) is 0 Å². The number of hydrazone groups is 1. The molecule has 0 aliphatic carbocycles. The average molecular weight is 531 g/mol. The molecule has 1 amide bonds. The van der Waals surface area contributed by atoms with E-state index in [1.54, 1.807) is 54.6 Å². The van der Waals surface area contributed by atoms with Gasteiger partial charge >= 0.3 is 5.97 Å². The van der Waals surface area contributed by atoms with E-state index in [1.807, 2.05) is 13.8 Å². The molecule has 188 valence electrons. The number of rotatable bonds is 11. The summed E-state index contributed by atoms with van der Waals surface area (Å²) in [6.07, 6.45) is 1.42. The minimum Gasteiger partial charge on any atom is -0.494 e. The fraction of sp³-hybridized carbons (Fsp3) is 0.192. The van der Waals surface area contributed by atoms with Gasteiger partial charge in [0.15, 0.2) is 18.1 Å². The van der Waals surface area contributed by atoms with Gasteiger partial charge in [-0.3, -0.25) is 4.79 Å². The first-order chi connectivity index (χ1) is 17.4. The third kappa shape index (κ3) is 7.90. The number of nitrogens with zero attached hydrogens (tertiary/aromatic N) is 1. The van der Waals surface area contributed by atoms with E-state index in [0.29, 0.717) is 51.6 Å². The number of ether oxygens (including phenoxy) is 4. The van der Waals surface area contributed by atoms with Gasteiger partial charge in [-0.2, -0.15) is 5.10 Å². The lowest BCUT2D eigenvalue weighted by Gasteiger charge is -2.11. The van der Waals surface area contributed by atoms with Crippen molar-refractivity contribution >= 4 is 41.3 Å². The number of esters is 1. The van der Waals surface area contributed by atoms with Crippen molar-refractivity contribution in [1.82, 2.24) is 5.43 Å². The maximum atomic E-state index is 12.6. The van der Waals surface area contributed by atoms with Crippen molar-refractivity contribution in [1.29, 1.82) is 0 Å². The van der Waals surface area contributed by atoms with Crippen molar-refractivity contribution in [2.45, 2.75) is 13.8 Å². The molecule has 3 rings (SSSR count). The van der Waals surface area contributed by atoms with Gasteiger partial charge in [0.2, 0.25) is 0 Å². The highest BCUT2D eigenvalue weighted by Gasteiger charge is 2.14. The summed E-state index contributed by atoms with van der Waals surface area (Å²) in [6.45, 7) is 4.30. The average Bonchev–Trinajstić information content (AvgIpc) is 2.86. The van der Waals surface area contributed by atoms with Crippen molar-refractivity contribution < 1.29 is 28.5 Å². The highest BCUT2D eigenvalue weighted by atomic mass is 35.5. The Morgan fingerprint density at radius 3 is 2.28 bits per heavy atom. The van der Waals surface area contributed by atoms with Crippen LogP contribution in [0.25, 0.3) is 0 Å². The molecule has 0 atom stereocenters. The molecule has 1 N–H and O–H groups in total. The minimum atomic E-state index is -0.534. The molecular weight excluding hydrogens is 507 g/mol. The Morgan fingerprint density at radius 2 is 1.58 bits per heavy atom. The van der Waals surface area contributed by atoms with Gasteiger partial charge in [0.05, 0.1) is 30.0 Å². The predicted molar refractivity (Wildman–Crippen MR) is 138 cm³/mol. The molecule has 0 unspecified atom stereocenters. The van der Waals surface area contributed by atoms with E-state index in [-0.39, 0.29) is 12.4 Å². The van der Waals surface area contributed by atoms with Crippen molar-refractivity contribution in [3.8, 4) is 23.0 Å². The number of nitrogens with one attached hydrogen (secondary N) is 1. The summed E-state index contributed by atoms with van der Waals surface area (Å²) in [7, 11) is 0.